The Labute approximate surface area is 96.4 Å². The predicted molar refractivity (Wildman–Crippen MR) is 64.6 cm³/mol. The highest BCUT2D eigenvalue weighted by Crippen LogP contribution is 2.34. The van der Waals surface area contributed by atoms with Crippen LogP contribution in [0.2, 0.25) is 0 Å². The number of carbonyl (C=O) groups excluding carboxylic acids is 2. The standard InChI is InChI=1S/C12H9N3O2/c13-7-3-1-5-9-6(12(17)15-11(5)16)2-4-8(14)10(7)9/h1-4H,13-14H2,(H,15,16,17). The third-order valence-corrected chi connectivity index (χ3v) is 2.94. The molecular weight excluding hydrogens is 218 g/mol. The van der Waals surface area contributed by atoms with E-state index < -0.39 is 11.8 Å². The molecule has 1 heterocycles. The van der Waals surface area contributed by atoms with Crippen LogP contribution in [0, 0.1) is 0 Å². The van der Waals surface area contributed by atoms with Gasteiger partial charge in [-0.15, -0.1) is 0 Å². The van der Waals surface area contributed by atoms with Crippen molar-refractivity contribution in [2.75, 3.05) is 11.5 Å². The summed E-state index contributed by atoms with van der Waals surface area (Å²) in [5, 5.41) is 3.39. The topological polar surface area (TPSA) is 98.2 Å². The van der Waals surface area contributed by atoms with E-state index in [2.05, 4.69) is 5.32 Å². The molecule has 0 unspecified atom stereocenters. The molecule has 0 aromatic heterocycles. The minimum atomic E-state index is -0.418. The average Bonchev–Trinajstić information content (AvgIpc) is 2.28. The Morgan fingerprint density at radius 3 is 1.71 bits per heavy atom. The number of carbonyl (C=O) groups is 2. The molecular formula is C12H9N3O2. The summed E-state index contributed by atoms with van der Waals surface area (Å²) in [7, 11) is 0. The van der Waals surface area contributed by atoms with Crippen LogP contribution in [0.15, 0.2) is 24.3 Å². The molecule has 17 heavy (non-hydrogen) atoms. The molecule has 84 valence electrons. The number of nitrogens with two attached hydrogens (primary N) is 2. The van der Waals surface area contributed by atoms with Gasteiger partial charge in [-0.2, -0.15) is 0 Å². The molecule has 1 aliphatic heterocycles. The maximum atomic E-state index is 11.7. The van der Waals surface area contributed by atoms with E-state index in [-0.39, 0.29) is 0 Å². The molecule has 5 N–H and O–H groups in total. The fraction of sp³-hybridized carbons (Fsp3) is 0. The van der Waals surface area contributed by atoms with Gasteiger partial charge in [0.25, 0.3) is 11.8 Å². The number of hydrogen-bond donors (Lipinski definition) is 3. The highest BCUT2D eigenvalue weighted by Gasteiger charge is 2.26. The summed E-state index contributed by atoms with van der Waals surface area (Å²) in [6, 6.07) is 6.44. The van der Waals surface area contributed by atoms with E-state index in [0.717, 1.165) is 0 Å². The number of amides is 2. The van der Waals surface area contributed by atoms with E-state index >= 15 is 0 Å². The third kappa shape index (κ3) is 1.13. The largest absolute Gasteiger partial charge is 0.398 e. The van der Waals surface area contributed by atoms with Gasteiger partial charge >= 0.3 is 0 Å². The van der Waals surface area contributed by atoms with Gasteiger partial charge in [0.05, 0.1) is 0 Å². The number of benzene rings is 2. The second-order valence-electron chi connectivity index (χ2n) is 3.94. The Balaban J connectivity index is 2.61. The van der Waals surface area contributed by atoms with E-state index in [4.69, 9.17) is 11.5 Å². The molecule has 2 aromatic carbocycles. The highest BCUT2D eigenvalue weighted by atomic mass is 16.2. The Morgan fingerprint density at radius 1 is 0.765 bits per heavy atom. The zero-order valence-electron chi connectivity index (χ0n) is 8.78. The zero-order valence-corrected chi connectivity index (χ0v) is 8.78. The lowest BCUT2D eigenvalue weighted by Crippen LogP contribution is -2.34. The summed E-state index contributed by atoms with van der Waals surface area (Å²) in [6.45, 7) is 0. The Hall–Kier alpha value is -2.56. The summed E-state index contributed by atoms with van der Waals surface area (Å²) in [5.41, 5.74) is 13.5. The Kier molecular flexibility index (Phi) is 1.69. The van der Waals surface area contributed by atoms with Crippen molar-refractivity contribution in [1.82, 2.24) is 5.32 Å². The molecule has 0 bridgehead atoms. The van der Waals surface area contributed by atoms with Crippen molar-refractivity contribution in [3.8, 4) is 0 Å². The molecule has 0 fully saturated rings. The third-order valence-electron chi connectivity index (χ3n) is 2.94. The molecule has 0 radical (unpaired) electrons. The molecule has 0 aliphatic carbocycles. The van der Waals surface area contributed by atoms with Crippen LogP contribution >= 0.6 is 0 Å². The zero-order chi connectivity index (χ0) is 12.2. The van der Waals surface area contributed by atoms with Crippen molar-refractivity contribution in [3.63, 3.8) is 0 Å². The lowest BCUT2D eigenvalue weighted by atomic mass is 9.93. The van der Waals surface area contributed by atoms with E-state index in [1.807, 2.05) is 0 Å². The molecule has 2 aromatic rings. The number of nitrogens with one attached hydrogen (secondary N) is 1. The molecule has 0 atom stereocenters. The Bertz CT molecular complexity index is 637. The van der Waals surface area contributed by atoms with Crippen LogP contribution in [-0.2, 0) is 0 Å². The first-order valence-corrected chi connectivity index (χ1v) is 5.06. The summed E-state index contributed by atoms with van der Waals surface area (Å²) in [4.78, 5) is 23.4. The highest BCUT2D eigenvalue weighted by molar-refractivity contribution is 6.28. The van der Waals surface area contributed by atoms with Crippen LogP contribution in [0.25, 0.3) is 10.8 Å². The van der Waals surface area contributed by atoms with Gasteiger partial charge in [-0.3, -0.25) is 14.9 Å². The summed E-state index contributed by atoms with van der Waals surface area (Å²) in [6.07, 6.45) is 0. The molecule has 5 heteroatoms. The van der Waals surface area contributed by atoms with Crippen molar-refractivity contribution < 1.29 is 9.59 Å². The van der Waals surface area contributed by atoms with Gasteiger partial charge in [0.15, 0.2) is 0 Å². The minimum Gasteiger partial charge on any atom is -0.398 e. The van der Waals surface area contributed by atoms with Gasteiger partial charge in [0, 0.05) is 33.3 Å². The van der Waals surface area contributed by atoms with Crippen molar-refractivity contribution in [3.05, 3.63) is 35.4 Å². The van der Waals surface area contributed by atoms with E-state index in [0.29, 0.717) is 33.3 Å². The summed E-state index contributed by atoms with van der Waals surface area (Å²) >= 11 is 0. The predicted octanol–water partition coefficient (Wildman–Crippen LogP) is 0.888. The molecule has 3 rings (SSSR count). The first-order chi connectivity index (χ1) is 8.09. The second kappa shape index (κ2) is 2.98. The number of nitrogen functional groups attached to an aromatic ring is 2. The maximum absolute atomic E-state index is 11.7. The van der Waals surface area contributed by atoms with E-state index in [1.54, 1.807) is 24.3 Å². The fourth-order valence-corrected chi connectivity index (χ4v) is 2.17. The van der Waals surface area contributed by atoms with Crippen LogP contribution < -0.4 is 16.8 Å². The summed E-state index contributed by atoms with van der Waals surface area (Å²) in [5.74, 6) is -0.837. The monoisotopic (exact) mass is 227 g/mol. The van der Waals surface area contributed by atoms with Gasteiger partial charge in [0.1, 0.15) is 0 Å². The van der Waals surface area contributed by atoms with Crippen LogP contribution in [0.4, 0.5) is 11.4 Å². The average molecular weight is 227 g/mol. The van der Waals surface area contributed by atoms with Crippen LogP contribution in [0.5, 0.6) is 0 Å². The van der Waals surface area contributed by atoms with E-state index in [9.17, 15) is 9.59 Å². The van der Waals surface area contributed by atoms with Gasteiger partial charge in [-0.25, -0.2) is 0 Å². The molecule has 1 aliphatic rings. The number of anilines is 2. The minimum absolute atomic E-state index is 0.418. The molecule has 0 spiro atoms. The van der Waals surface area contributed by atoms with E-state index in [1.165, 1.54) is 0 Å². The van der Waals surface area contributed by atoms with Gasteiger partial charge in [-0.1, -0.05) is 0 Å². The normalized spacial score (nSPS) is 13.9. The summed E-state index contributed by atoms with van der Waals surface area (Å²) < 4.78 is 0. The number of hydrogen-bond acceptors (Lipinski definition) is 4. The lowest BCUT2D eigenvalue weighted by Gasteiger charge is -2.18. The van der Waals surface area contributed by atoms with Crippen molar-refractivity contribution in [2.45, 2.75) is 0 Å². The van der Waals surface area contributed by atoms with Gasteiger partial charge in [-0.05, 0) is 24.3 Å². The van der Waals surface area contributed by atoms with Crippen LogP contribution in [0.1, 0.15) is 20.7 Å². The van der Waals surface area contributed by atoms with Crippen LogP contribution in [0.3, 0.4) is 0 Å². The first-order valence-electron chi connectivity index (χ1n) is 5.06. The van der Waals surface area contributed by atoms with Gasteiger partial charge < -0.3 is 11.5 Å². The lowest BCUT2D eigenvalue weighted by molar-refractivity contribution is 0.0845. The van der Waals surface area contributed by atoms with Gasteiger partial charge in [0.2, 0.25) is 0 Å². The first kappa shape index (κ1) is 9.65. The van der Waals surface area contributed by atoms with Crippen LogP contribution in [-0.4, -0.2) is 11.8 Å². The SMILES string of the molecule is Nc1ccc2c3c(ccc(N)c13)C(=O)NC2=O. The molecule has 5 nitrogen and oxygen atoms in total. The smallest absolute Gasteiger partial charge is 0.258 e. The quantitative estimate of drug-likeness (QED) is 0.459. The maximum Gasteiger partial charge on any atom is 0.258 e. The van der Waals surface area contributed by atoms with Crippen molar-refractivity contribution >= 4 is 34.0 Å². The van der Waals surface area contributed by atoms with Crippen molar-refractivity contribution in [2.24, 2.45) is 0 Å². The molecule has 2 amide bonds. The Morgan fingerprint density at radius 2 is 1.24 bits per heavy atom. The number of imide groups is 1. The molecule has 0 saturated carbocycles. The fourth-order valence-electron chi connectivity index (χ4n) is 2.17. The van der Waals surface area contributed by atoms with Crippen molar-refractivity contribution in [1.29, 1.82) is 0 Å². The number of rotatable bonds is 0. The second-order valence-corrected chi connectivity index (χ2v) is 3.94. The molecule has 0 saturated heterocycles.